The molecule has 1 aromatic heterocycles. The van der Waals surface area contributed by atoms with Crippen molar-refractivity contribution >= 4 is 38.9 Å². The third-order valence-electron chi connectivity index (χ3n) is 5.02. The Labute approximate surface area is 181 Å². The zero-order chi connectivity index (χ0) is 21.0. The maximum Gasteiger partial charge on any atom is 0.251 e. The molecule has 1 aliphatic heterocycles. The summed E-state index contributed by atoms with van der Waals surface area (Å²) in [6.45, 7) is 4.85. The van der Waals surface area contributed by atoms with Crippen LogP contribution in [-0.4, -0.2) is 36.7 Å². The number of hydrogen-bond acceptors (Lipinski definition) is 5. The maximum atomic E-state index is 13.1. The van der Waals surface area contributed by atoms with E-state index in [-0.39, 0.29) is 27.4 Å². The first-order valence-electron chi connectivity index (χ1n) is 9.85. The van der Waals surface area contributed by atoms with Crippen molar-refractivity contribution in [3.8, 4) is 0 Å². The van der Waals surface area contributed by atoms with Gasteiger partial charge in [0.1, 0.15) is 9.90 Å². The molecule has 1 aliphatic rings. The summed E-state index contributed by atoms with van der Waals surface area (Å²) >= 11 is 7.73. The number of amides is 1. The molecule has 1 atom stereocenters. The predicted octanol–water partition coefficient (Wildman–Crippen LogP) is 4.55. The van der Waals surface area contributed by atoms with E-state index in [2.05, 4.69) is 10.3 Å². The number of thiazole rings is 1. The molecule has 29 heavy (non-hydrogen) atoms. The molecule has 0 bridgehead atoms. The van der Waals surface area contributed by atoms with Crippen molar-refractivity contribution in [1.82, 2.24) is 14.6 Å². The molecule has 1 aromatic carbocycles. The Kier molecular flexibility index (Phi) is 7.32. The molecule has 1 unspecified atom stereocenters. The van der Waals surface area contributed by atoms with E-state index in [1.807, 2.05) is 19.2 Å². The number of nitrogens with zero attached hydrogens (tertiary/aromatic N) is 2. The van der Waals surface area contributed by atoms with E-state index in [0.29, 0.717) is 19.5 Å². The van der Waals surface area contributed by atoms with Crippen LogP contribution in [0.25, 0.3) is 0 Å². The van der Waals surface area contributed by atoms with Crippen LogP contribution in [0.4, 0.5) is 0 Å². The van der Waals surface area contributed by atoms with Gasteiger partial charge in [-0.05, 0) is 44.4 Å². The van der Waals surface area contributed by atoms with Gasteiger partial charge >= 0.3 is 0 Å². The van der Waals surface area contributed by atoms with Crippen molar-refractivity contribution in [2.24, 2.45) is 0 Å². The summed E-state index contributed by atoms with van der Waals surface area (Å²) in [4.78, 5) is 17.3. The summed E-state index contributed by atoms with van der Waals surface area (Å²) in [7, 11) is -3.74. The molecule has 1 fully saturated rings. The van der Waals surface area contributed by atoms with Gasteiger partial charge in [-0.1, -0.05) is 31.4 Å². The number of carbonyl (C=O) groups excluding carboxylic acids is 1. The highest BCUT2D eigenvalue weighted by molar-refractivity contribution is 7.89. The zero-order valence-electron chi connectivity index (χ0n) is 16.7. The standard InChI is InChI=1S/C20H26ClN3O3S2/c1-3-17(20-22-14(2)13-28-20)23-19(25)15-8-9-16(21)18(12-15)29(26,27)24-10-6-4-5-7-11-24/h8-9,12-13,17H,3-7,10-11H2,1-2H3,(H,23,25). The predicted molar refractivity (Wildman–Crippen MR) is 116 cm³/mol. The van der Waals surface area contributed by atoms with E-state index in [1.54, 1.807) is 6.07 Å². The Morgan fingerprint density at radius 2 is 1.97 bits per heavy atom. The molecule has 2 aromatic rings. The fraction of sp³-hybridized carbons (Fsp3) is 0.500. The van der Waals surface area contributed by atoms with Crippen molar-refractivity contribution in [2.45, 2.75) is 56.9 Å². The number of sulfonamides is 1. The third-order valence-corrected chi connectivity index (χ3v) is 8.48. The average molecular weight is 456 g/mol. The highest BCUT2D eigenvalue weighted by Gasteiger charge is 2.28. The second kappa shape index (κ2) is 9.55. The fourth-order valence-electron chi connectivity index (χ4n) is 3.38. The lowest BCUT2D eigenvalue weighted by atomic mass is 10.1. The van der Waals surface area contributed by atoms with E-state index < -0.39 is 10.0 Å². The first-order chi connectivity index (χ1) is 13.8. The van der Waals surface area contributed by atoms with Crippen LogP contribution in [0.2, 0.25) is 5.02 Å². The molecule has 2 heterocycles. The SMILES string of the molecule is CCC(NC(=O)c1ccc(Cl)c(S(=O)(=O)N2CCCCCC2)c1)c1nc(C)cs1. The minimum atomic E-state index is -3.74. The van der Waals surface area contributed by atoms with E-state index >= 15 is 0 Å². The van der Waals surface area contributed by atoms with Crippen molar-refractivity contribution in [1.29, 1.82) is 0 Å². The van der Waals surface area contributed by atoms with Crippen molar-refractivity contribution in [2.75, 3.05) is 13.1 Å². The van der Waals surface area contributed by atoms with Gasteiger partial charge < -0.3 is 5.32 Å². The van der Waals surface area contributed by atoms with Crippen molar-refractivity contribution < 1.29 is 13.2 Å². The second-order valence-corrected chi connectivity index (χ2v) is 10.4. The van der Waals surface area contributed by atoms with Crippen LogP contribution in [-0.2, 0) is 10.0 Å². The van der Waals surface area contributed by atoms with Crippen LogP contribution >= 0.6 is 22.9 Å². The Hall–Kier alpha value is -1.48. The second-order valence-electron chi connectivity index (χ2n) is 7.22. The maximum absolute atomic E-state index is 13.1. The number of benzene rings is 1. The molecule has 1 N–H and O–H groups in total. The Bertz CT molecular complexity index is 967. The molecule has 9 heteroatoms. The number of nitrogens with one attached hydrogen (secondary N) is 1. The molecular weight excluding hydrogens is 430 g/mol. The topological polar surface area (TPSA) is 79.4 Å². The molecule has 158 valence electrons. The Balaban J connectivity index is 1.85. The van der Waals surface area contributed by atoms with E-state index in [0.717, 1.165) is 36.4 Å². The number of aromatic nitrogens is 1. The number of hydrogen-bond donors (Lipinski definition) is 1. The zero-order valence-corrected chi connectivity index (χ0v) is 19.0. The minimum Gasteiger partial charge on any atom is -0.343 e. The highest BCUT2D eigenvalue weighted by atomic mass is 35.5. The Morgan fingerprint density at radius 1 is 1.28 bits per heavy atom. The number of carbonyl (C=O) groups is 1. The first kappa shape index (κ1) is 22.2. The molecule has 1 saturated heterocycles. The van der Waals surface area contributed by atoms with Crippen LogP contribution in [0, 0.1) is 6.92 Å². The van der Waals surface area contributed by atoms with E-state index in [9.17, 15) is 13.2 Å². The van der Waals surface area contributed by atoms with Gasteiger partial charge in [-0.25, -0.2) is 13.4 Å². The van der Waals surface area contributed by atoms with Gasteiger partial charge in [-0.3, -0.25) is 4.79 Å². The van der Waals surface area contributed by atoms with Gasteiger partial charge in [0.2, 0.25) is 10.0 Å². The third kappa shape index (κ3) is 5.17. The summed E-state index contributed by atoms with van der Waals surface area (Å²) in [5.41, 5.74) is 1.18. The summed E-state index contributed by atoms with van der Waals surface area (Å²) < 4.78 is 27.8. The van der Waals surface area contributed by atoms with Crippen LogP contribution < -0.4 is 5.32 Å². The van der Waals surface area contributed by atoms with Gasteiger partial charge in [0, 0.05) is 29.7 Å². The highest BCUT2D eigenvalue weighted by Crippen LogP contribution is 2.28. The van der Waals surface area contributed by atoms with Crippen LogP contribution in [0.3, 0.4) is 0 Å². The first-order valence-corrected chi connectivity index (χ1v) is 12.5. The molecule has 0 aliphatic carbocycles. The molecule has 0 radical (unpaired) electrons. The lowest BCUT2D eigenvalue weighted by Gasteiger charge is -2.21. The molecular formula is C20H26ClN3O3S2. The summed E-state index contributed by atoms with van der Waals surface area (Å²) in [6, 6.07) is 4.20. The summed E-state index contributed by atoms with van der Waals surface area (Å²) in [5.74, 6) is -0.339. The molecule has 6 nitrogen and oxygen atoms in total. The monoisotopic (exact) mass is 455 g/mol. The van der Waals surface area contributed by atoms with Crippen molar-refractivity contribution in [3.05, 3.63) is 44.9 Å². The Morgan fingerprint density at radius 3 is 2.55 bits per heavy atom. The lowest BCUT2D eigenvalue weighted by Crippen LogP contribution is -2.32. The van der Waals surface area contributed by atoms with Gasteiger partial charge in [-0.15, -0.1) is 11.3 Å². The smallest absolute Gasteiger partial charge is 0.251 e. The number of rotatable bonds is 6. The normalized spacial score (nSPS) is 16.9. The molecule has 1 amide bonds. The minimum absolute atomic E-state index is 0.00754. The summed E-state index contributed by atoms with van der Waals surface area (Å²) in [6.07, 6.45) is 4.41. The van der Waals surface area contributed by atoms with Crippen LogP contribution in [0.1, 0.15) is 66.1 Å². The van der Waals surface area contributed by atoms with E-state index in [1.165, 1.54) is 27.8 Å². The van der Waals surface area contributed by atoms with Crippen LogP contribution in [0.15, 0.2) is 28.5 Å². The van der Waals surface area contributed by atoms with E-state index in [4.69, 9.17) is 11.6 Å². The van der Waals surface area contributed by atoms with Gasteiger partial charge in [0.15, 0.2) is 0 Å². The largest absolute Gasteiger partial charge is 0.343 e. The molecule has 0 spiro atoms. The summed E-state index contributed by atoms with van der Waals surface area (Å²) in [5, 5.41) is 5.87. The quantitative estimate of drug-likeness (QED) is 0.692. The average Bonchev–Trinajstić information content (AvgIpc) is 2.94. The van der Waals surface area contributed by atoms with Crippen LogP contribution in [0.5, 0.6) is 0 Å². The van der Waals surface area contributed by atoms with Gasteiger partial charge in [0.25, 0.3) is 5.91 Å². The lowest BCUT2D eigenvalue weighted by molar-refractivity contribution is 0.0935. The van der Waals surface area contributed by atoms with Crippen molar-refractivity contribution in [3.63, 3.8) is 0 Å². The molecule has 0 saturated carbocycles. The van der Waals surface area contributed by atoms with Gasteiger partial charge in [0.05, 0.1) is 11.1 Å². The number of aryl methyl sites for hydroxylation is 1. The molecule has 3 rings (SSSR count). The number of halogens is 1. The van der Waals surface area contributed by atoms with Gasteiger partial charge in [-0.2, -0.15) is 4.31 Å². The fourth-order valence-corrected chi connectivity index (χ4v) is 6.32.